The van der Waals surface area contributed by atoms with Crippen LogP contribution in [0.2, 0.25) is 10.0 Å². The summed E-state index contributed by atoms with van der Waals surface area (Å²) in [5.74, 6) is 0.559. The maximum Gasteiger partial charge on any atom is 0.235 e. The fourth-order valence-electron chi connectivity index (χ4n) is 0.867. The summed E-state index contributed by atoms with van der Waals surface area (Å²) in [6.07, 6.45) is 1.42. The topological polar surface area (TPSA) is 38.7 Å². The van der Waals surface area contributed by atoms with Gasteiger partial charge in [-0.05, 0) is 18.2 Å². The Kier molecular flexibility index (Phi) is 4.47. The van der Waals surface area contributed by atoms with Crippen molar-refractivity contribution in [1.29, 1.82) is 0 Å². The average Bonchev–Trinajstić information content (AvgIpc) is 2.11. The molecule has 0 aliphatic heterocycles. The number of carbonyl (C=O) groups excluding carboxylic acids is 1. The largest absolute Gasteiger partial charge is 0.492 e. The zero-order valence-electron chi connectivity index (χ0n) is 7.17. The lowest BCUT2D eigenvalue weighted by Gasteiger charge is -2.04. The number of hydrogen-bond donors (Lipinski definition) is 0. The molecule has 0 unspecified atom stereocenters. The number of ether oxygens (including phenoxy) is 1. The molecule has 0 spiro atoms. The summed E-state index contributed by atoms with van der Waals surface area (Å²) in [4.78, 5) is 13.1. The molecule has 1 aromatic rings. The third-order valence-electron chi connectivity index (χ3n) is 1.37. The molecule has 3 nitrogen and oxygen atoms in total. The molecule has 0 amide bonds. The predicted octanol–water partition coefficient (Wildman–Crippen LogP) is 2.71. The van der Waals surface area contributed by atoms with E-state index in [1.165, 1.54) is 6.08 Å². The van der Waals surface area contributed by atoms with Crippen LogP contribution >= 0.6 is 23.2 Å². The first-order valence-corrected chi connectivity index (χ1v) is 4.60. The second kappa shape index (κ2) is 5.66. The quantitative estimate of drug-likeness (QED) is 0.454. The molecule has 1 aromatic carbocycles. The van der Waals surface area contributed by atoms with E-state index >= 15 is 0 Å². The lowest BCUT2D eigenvalue weighted by atomic mass is 10.3. The Hall–Kier alpha value is -1.02. The number of halogens is 2. The minimum atomic E-state index is 0.271. The second-order valence-electron chi connectivity index (χ2n) is 2.43. The van der Waals surface area contributed by atoms with Gasteiger partial charge in [0.2, 0.25) is 6.08 Å². The van der Waals surface area contributed by atoms with Crippen LogP contribution < -0.4 is 4.74 Å². The summed E-state index contributed by atoms with van der Waals surface area (Å²) in [7, 11) is 0. The first-order valence-electron chi connectivity index (χ1n) is 3.85. The molecule has 0 aliphatic carbocycles. The van der Waals surface area contributed by atoms with Crippen molar-refractivity contribution in [2.45, 2.75) is 0 Å². The molecule has 0 heterocycles. The Bertz CT molecular complexity index is 342. The lowest BCUT2D eigenvalue weighted by Crippen LogP contribution is -2.00. The van der Waals surface area contributed by atoms with Crippen molar-refractivity contribution < 1.29 is 9.53 Å². The summed E-state index contributed by atoms with van der Waals surface area (Å²) in [6.45, 7) is 0.569. The van der Waals surface area contributed by atoms with Crippen molar-refractivity contribution in [1.82, 2.24) is 0 Å². The molecular weight excluding hydrogens is 225 g/mol. The van der Waals surface area contributed by atoms with Crippen molar-refractivity contribution >= 4 is 29.3 Å². The van der Waals surface area contributed by atoms with Crippen LogP contribution in [0.15, 0.2) is 23.2 Å². The van der Waals surface area contributed by atoms with Crippen molar-refractivity contribution in [3.05, 3.63) is 28.2 Å². The Morgan fingerprint density at radius 1 is 1.29 bits per heavy atom. The maximum absolute atomic E-state index is 9.73. The minimum Gasteiger partial charge on any atom is -0.492 e. The zero-order valence-corrected chi connectivity index (χ0v) is 8.68. The van der Waals surface area contributed by atoms with Gasteiger partial charge in [0.1, 0.15) is 12.4 Å². The van der Waals surface area contributed by atoms with Gasteiger partial charge in [-0.25, -0.2) is 9.79 Å². The van der Waals surface area contributed by atoms with Gasteiger partial charge < -0.3 is 4.74 Å². The van der Waals surface area contributed by atoms with Crippen molar-refractivity contribution in [3.63, 3.8) is 0 Å². The molecule has 0 aliphatic rings. The van der Waals surface area contributed by atoms with E-state index in [1.54, 1.807) is 18.2 Å². The van der Waals surface area contributed by atoms with E-state index in [-0.39, 0.29) is 6.54 Å². The molecule has 0 saturated carbocycles. The van der Waals surface area contributed by atoms with Crippen molar-refractivity contribution in [2.75, 3.05) is 13.2 Å². The van der Waals surface area contributed by atoms with Gasteiger partial charge in [-0.1, -0.05) is 23.2 Å². The molecule has 74 valence electrons. The maximum atomic E-state index is 9.73. The van der Waals surface area contributed by atoms with Gasteiger partial charge in [0.05, 0.1) is 6.54 Å². The number of hydrogen-bond acceptors (Lipinski definition) is 3. The van der Waals surface area contributed by atoms with Gasteiger partial charge in [0.15, 0.2) is 0 Å². The van der Waals surface area contributed by atoms with Gasteiger partial charge in [0, 0.05) is 10.0 Å². The minimum absolute atomic E-state index is 0.271. The molecule has 0 aromatic heterocycles. The number of aliphatic imine (C=N–C) groups is 1. The lowest BCUT2D eigenvalue weighted by molar-refractivity contribution is 0.328. The number of nitrogens with zero attached hydrogens (tertiary/aromatic N) is 1. The van der Waals surface area contributed by atoms with E-state index in [1.807, 2.05) is 0 Å². The van der Waals surface area contributed by atoms with Crippen LogP contribution in [0.3, 0.4) is 0 Å². The highest BCUT2D eigenvalue weighted by Gasteiger charge is 1.98. The average molecular weight is 232 g/mol. The fourth-order valence-corrected chi connectivity index (χ4v) is 1.37. The van der Waals surface area contributed by atoms with Crippen molar-refractivity contribution in [2.24, 2.45) is 4.99 Å². The highest BCUT2D eigenvalue weighted by Crippen LogP contribution is 2.23. The molecule has 0 fully saturated rings. The van der Waals surface area contributed by atoms with Crippen LogP contribution in [-0.2, 0) is 4.79 Å². The molecule has 0 radical (unpaired) electrons. The van der Waals surface area contributed by atoms with E-state index in [0.29, 0.717) is 22.4 Å². The van der Waals surface area contributed by atoms with E-state index in [2.05, 4.69) is 4.99 Å². The Morgan fingerprint density at radius 2 is 1.93 bits per heavy atom. The number of rotatable bonds is 4. The first-order chi connectivity index (χ1) is 6.72. The zero-order chi connectivity index (χ0) is 10.4. The smallest absolute Gasteiger partial charge is 0.235 e. The molecule has 0 atom stereocenters. The number of benzene rings is 1. The van der Waals surface area contributed by atoms with Gasteiger partial charge in [-0.15, -0.1) is 0 Å². The fraction of sp³-hybridized carbons (Fsp3) is 0.222. The summed E-state index contributed by atoms with van der Waals surface area (Å²) in [5, 5.41) is 1.01. The van der Waals surface area contributed by atoms with Crippen molar-refractivity contribution in [3.8, 4) is 5.75 Å². The van der Waals surface area contributed by atoms with Crippen LogP contribution in [0.4, 0.5) is 0 Å². The van der Waals surface area contributed by atoms with Gasteiger partial charge in [0.25, 0.3) is 0 Å². The summed E-state index contributed by atoms with van der Waals surface area (Å²) in [5.41, 5.74) is 0. The van der Waals surface area contributed by atoms with Crippen LogP contribution in [-0.4, -0.2) is 19.2 Å². The van der Waals surface area contributed by atoms with Crippen LogP contribution in [0.25, 0.3) is 0 Å². The molecular formula is C9H7Cl2NO2. The normalized spacial score (nSPS) is 9.29. The van der Waals surface area contributed by atoms with Gasteiger partial charge in [-0.2, -0.15) is 0 Å². The molecule has 0 N–H and O–H groups in total. The second-order valence-corrected chi connectivity index (χ2v) is 3.30. The van der Waals surface area contributed by atoms with E-state index in [4.69, 9.17) is 27.9 Å². The van der Waals surface area contributed by atoms with E-state index in [0.717, 1.165) is 0 Å². The molecule has 14 heavy (non-hydrogen) atoms. The third kappa shape index (κ3) is 3.79. The molecule has 0 saturated heterocycles. The van der Waals surface area contributed by atoms with Crippen LogP contribution in [0, 0.1) is 0 Å². The molecule has 5 heteroatoms. The van der Waals surface area contributed by atoms with Crippen LogP contribution in [0.5, 0.6) is 5.75 Å². The molecule has 0 bridgehead atoms. The monoisotopic (exact) mass is 231 g/mol. The Labute approximate surface area is 91.3 Å². The standard InChI is InChI=1S/C9H7Cl2NO2/c10-7-3-8(11)5-9(4-7)14-2-1-12-6-13/h3-5H,1-2H2. The Balaban J connectivity index is 2.54. The van der Waals surface area contributed by atoms with E-state index < -0.39 is 0 Å². The first kappa shape index (κ1) is 11.1. The highest BCUT2D eigenvalue weighted by atomic mass is 35.5. The van der Waals surface area contributed by atoms with Crippen LogP contribution in [0.1, 0.15) is 0 Å². The highest BCUT2D eigenvalue weighted by molar-refractivity contribution is 6.34. The third-order valence-corrected chi connectivity index (χ3v) is 1.81. The summed E-state index contributed by atoms with van der Waals surface area (Å²) >= 11 is 11.5. The SMILES string of the molecule is O=C=NCCOc1cc(Cl)cc(Cl)c1. The predicted molar refractivity (Wildman–Crippen MR) is 54.9 cm³/mol. The van der Waals surface area contributed by atoms with Gasteiger partial charge in [-0.3, -0.25) is 0 Å². The van der Waals surface area contributed by atoms with E-state index in [9.17, 15) is 4.79 Å². The number of isocyanates is 1. The summed E-state index contributed by atoms with van der Waals surface area (Å²) < 4.78 is 5.23. The summed E-state index contributed by atoms with van der Waals surface area (Å²) in [6, 6.07) is 4.88. The Morgan fingerprint density at radius 3 is 2.50 bits per heavy atom. The molecule has 1 rings (SSSR count). The van der Waals surface area contributed by atoms with Gasteiger partial charge >= 0.3 is 0 Å².